The second-order valence-corrected chi connectivity index (χ2v) is 6.69. The quantitative estimate of drug-likeness (QED) is 0.680. The van der Waals surface area contributed by atoms with E-state index in [0.29, 0.717) is 12.3 Å². The van der Waals surface area contributed by atoms with E-state index in [9.17, 15) is 4.79 Å². The van der Waals surface area contributed by atoms with Crippen LogP contribution in [0.3, 0.4) is 0 Å². The van der Waals surface area contributed by atoms with E-state index in [-0.39, 0.29) is 18.7 Å². The number of ether oxygens (including phenoxy) is 2. The third-order valence-corrected chi connectivity index (χ3v) is 4.98. The SMILES string of the molecule is O=C(/C=C/c1ccc2c(c1)OCO2)NCC(c1cccs1)n1cccn1. The zero-order chi connectivity index (χ0) is 17.8. The molecule has 3 heterocycles. The highest BCUT2D eigenvalue weighted by Crippen LogP contribution is 2.32. The first-order valence-electron chi connectivity index (χ1n) is 8.18. The minimum absolute atomic E-state index is 0.0205. The Morgan fingerprint density at radius 2 is 2.23 bits per heavy atom. The standard InChI is InChI=1S/C19H17N3O3S/c23-19(7-5-14-4-6-16-17(11-14)25-13-24-16)20-12-15(18-3-1-10-26-18)22-9-2-8-21-22/h1-11,15H,12-13H2,(H,20,23)/b7-5+. The summed E-state index contributed by atoms with van der Waals surface area (Å²) < 4.78 is 12.5. The molecule has 6 nitrogen and oxygen atoms in total. The maximum atomic E-state index is 12.2. The minimum Gasteiger partial charge on any atom is -0.454 e. The van der Waals surface area contributed by atoms with Gasteiger partial charge in [0.2, 0.25) is 12.7 Å². The van der Waals surface area contributed by atoms with Crippen LogP contribution >= 0.6 is 11.3 Å². The van der Waals surface area contributed by atoms with Crippen molar-refractivity contribution in [3.05, 3.63) is 70.7 Å². The lowest BCUT2D eigenvalue weighted by molar-refractivity contribution is -0.116. The molecule has 1 aliphatic rings. The molecule has 0 radical (unpaired) electrons. The molecule has 0 spiro atoms. The van der Waals surface area contributed by atoms with Crippen LogP contribution in [0.25, 0.3) is 6.08 Å². The first-order valence-corrected chi connectivity index (χ1v) is 9.06. The third kappa shape index (κ3) is 3.62. The lowest BCUT2D eigenvalue weighted by Crippen LogP contribution is -2.30. The molecule has 1 unspecified atom stereocenters. The van der Waals surface area contributed by atoms with Gasteiger partial charge in [-0.3, -0.25) is 9.48 Å². The van der Waals surface area contributed by atoms with E-state index in [1.54, 1.807) is 23.6 Å². The zero-order valence-corrected chi connectivity index (χ0v) is 14.7. The van der Waals surface area contributed by atoms with E-state index < -0.39 is 0 Å². The maximum Gasteiger partial charge on any atom is 0.244 e. The lowest BCUT2D eigenvalue weighted by Gasteiger charge is -2.16. The predicted octanol–water partition coefficient (Wildman–Crippen LogP) is 3.09. The Bertz CT molecular complexity index is 870. The molecule has 1 N–H and O–H groups in total. The highest BCUT2D eigenvalue weighted by molar-refractivity contribution is 7.10. The number of hydrogen-bond donors (Lipinski definition) is 1. The highest BCUT2D eigenvalue weighted by Gasteiger charge is 2.16. The van der Waals surface area contributed by atoms with Crippen LogP contribution in [0.5, 0.6) is 11.5 Å². The summed E-state index contributed by atoms with van der Waals surface area (Å²) in [6.45, 7) is 0.701. The van der Waals surface area contributed by atoms with Crippen molar-refractivity contribution < 1.29 is 14.3 Å². The van der Waals surface area contributed by atoms with Crippen molar-refractivity contribution in [1.82, 2.24) is 15.1 Å². The fourth-order valence-electron chi connectivity index (χ4n) is 2.72. The maximum absolute atomic E-state index is 12.2. The van der Waals surface area contributed by atoms with E-state index in [1.165, 1.54) is 6.08 Å². The first-order chi connectivity index (χ1) is 12.8. The van der Waals surface area contributed by atoms with Gasteiger partial charge in [0.25, 0.3) is 0 Å². The molecule has 0 aliphatic carbocycles. The fourth-order valence-corrected chi connectivity index (χ4v) is 3.54. The van der Waals surface area contributed by atoms with Crippen molar-refractivity contribution in [2.45, 2.75) is 6.04 Å². The Hall–Kier alpha value is -3.06. The number of fused-ring (bicyclic) bond motifs is 1. The van der Waals surface area contributed by atoms with Crippen molar-refractivity contribution in [3.8, 4) is 11.5 Å². The van der Waals surface area contributed by atoms with Crippen LogP contribution in [0, 0.1) is 0 Å². The summed E-state index contributed by atoms with van der Waals surface area (Å²) in [6, 6.07) is 11.5. The third-order valence-electron chi connectivity index (χ3n) is 4.01. The molecular formula is C19H17N3O3S. The minimum atomic E-state index is -0.156. The van der Waals surface area contributed by atoms with E-state index in [0.717, 1.165) is 16.2 Å². The summed E-state index contributed by atoms with van der Waals surface area (Å²) in [5.41, 5.74) is 0.881. The van der Waals surface area contributed by atoms with Gasteiger partial charge in [-0.2, -0.15) is 5.10 Å². The van der Waals surface area contributed by atoms with Crippen molar-refractivity contribution in [2.75, 3.05) is 13.3 Å². The second-order valence-electron chi connectivity index (χ2n) is 5.71. The highest BCUT2D eigenvalue weighted by atomic mass is 32.1. The Morgan fingerprint density at radius 1 is 1.31 bits per heavy atom. The number of nitrogens with zero attached hydrogens (tertiary/aromatic N) is 2. The van der Waals surface area contributed by atoms with Crippen LogP contribution < -0.4 is 14.8 Å². The van der Waals surface area contributed by atoms with Gasteiger partial charge < -0.3 is 14.8 Å². The summed E-state index contributed by atoms with van der Waals surface area (Å²) in [5.74, 6) is 1.27. The molecule has 0 saturated heterocycles. The number of thiophene rings is 1. The molecule has 3 aromatic rings. The van der Waals surface area contributed by atoms with Gasteiger partial charge in [0.15, 0.2) is 11.5 Å². The molecular weight excluding hydrogens is 350 g/mol. The van der Waals surface area contributed by atoms with Gasteiger partial charge in [-0.15, -0.1) is 11.3 Å². The van der Waals surface area contributed by atoms with E-state index in [2.05, 4.69) is 10.4 Å². The monoisotopic (exact) mass is 367 g/mol. The number of benzene rings is 1. The Labute approximate surface area is 154 Å². The second kappa shape index (κ2) is 7.45. The van der Waals surface area contributed by atoms with Crippen molar-refractivity contribution in [3.63, 3.8) is 0 Å². The number of carbonyl (C=O) groups excluding carboxylic acids is 1. The largest absolute Gasteiger partial charge is 0.454 e. The van der Waals surface area contributed by atoms with Gasteiger partial charge in [-0.05, 0) is 41.3 Å². The summed E-state index contributed by atoms with van der Waals surface area (Å²) in [4.78, 5) is 13.4. The lowest BCUT2D eigenvalue weighted by atomic mass is 10.2. The topological polar surface area (TPSA) is 65.4 Å². The van der Waals surface area contributed by atoms with Crippen molar-refractivity contribution in [1.29, 1.82) is 0 Å². The fraction of sp³-hybridized carbons (Fsp3) is 0.158. The Balaban J connectivity index is 1.39. The number of carbonyl (C=O) groups is 1. The van der Waals surface area contributed by atoms with E-state index in [1.807, 2.05) is 52.7 Å². The molecule has 4 rings (SSSR count). The normalized spacial score (nSPS) is 13.8. The molecule has 0 saturated carbocycles. The number of amides is 1. The molecule has 1 aliphatic heterocycles. The summed E-state index contributed by atoms with van der Waals surface area (Å²) >= 11 is 1.65. The average molecular weight is 367 g/mol. The van der Waals surface area contributed by atoms with Crippen LogP contribution in [0.2, 0.25) is 0 Å². The van der Waals surface area contributed by atoms with Crippen LogP contribution in [0.15, 0.2) is 60.2 Å². The van der Waals surface area contributed by atoms with Crippen LogP contribution in [0.4, 0.5) is 0 Å². The molecule has 1 amide bonds. The van der Waals surface area contributed by atoms with Gasteiger partial charge in [0.1, 0.15) is 6.04 Å². The number of hydrogen-bond acceptors (Lipinski definition) is 5. The van der Waals surface area contributed by atoms with Gasteiger partial charge >= 0.3 is 0 Å². The van der Waals surface area contributed by atoms with Crippen LogP contribution in [-0.2, 0) is 4.79 Å². The van der Waals surface area contributed by atoms with Crippen LogP contribution in [0.1, 0.15) is 16.5 Å². The number of aromatic nitrogens is 2. The van der Waals surface area contributed by atoms with Gasteiger partial charge in [-0.25, -0.2) is 0 Å². The molecule has 2 aromatic heterocycles. The molecule has 26 heavy (non-hydrogen) atoms. The molecule has 7 heteroatoms. The van der Waals surface area contributed by atoms with Crippen molar-refractivity contribution in [2.24, 2.45) is 0 Å². The average Bonchev–Trinajstić information content (AvgIpc) is 3.41. The van der Waals surface area contributed by atoms with E-state index >= 15 is 0 Å². The molecule has 0 fully saturated rings. The predicted molar refractivity (Wildman–Crippen MR) is 99.3 cm³/mol. The molecule has 0 bridgehead atoms. The summed E-state index contributed by atoms with van der Waals surface area (Å²) in [5, 5.41) is 9.27. The number of nitrogens with one attached hydrogen (secondary N) is 1. The van der Waals surface area contributed by atoms with Gasteiger partial charge in [0, 0.05) is 29.9 Å². The molecule has 132 valence electrons. The van der Waals surface area contributed by atoms with E-state index in [4.69, 9.17) is 9.47 Å². The molecule has 1 aromatic carbocycles. The van der Waals surface area contributed by atoms with Crippen LogP contribution in [-0.4, -0.2) is 29.0 Å². The zero-order valence-electron chi connectivity index (χ0n) is 13.9. The smallest absolute Gasteiger partial charge is 0.244 e. The Kier molecular flexibility index (Phi) is 4.70. The number of rotatable bonds is 6. The van der Waals surface area contributed by atoms with Gasteiger partial charge in [-0.1, -0.05) is 12.1 Å². The first kappa shape index (κ1) is 16.4. The van der Waals surface area contributed by atoms with Crippen molar-refractivity contribution >= 4 is 23.3 Å². The Morgan fingerprint density at radius 3 is 3.04 bits per heavy atom. The summed E-state index contributed by atoms with van der Waals surface area (Å²) in [6.07, 6.45) is 6.92. The van der Waals surface area contributed by atoms with Gasteiger partial charge in [0.05, 0.1) is 0 Å². The molecule has 1 atom stereocenters. The summed E-state index contributed by atoms with van der Waals surface area (Å²) in [7, 11) is 0.